The van der Waals surface area contributed by atoms with E-state index in [0.717, 1.165) is 37.7 Å². The Morgan fingerprint density at radius 1 is 1.30 bits per heavy atom. The normalized spacial score (nSPS) is 15.4. The molecule has 4 aromatic rings. The number of thioether (sulfide) groups is 1. The molecule has 1 aliphatic rings. The van der Waals surface area contributed by atoms with Crippen LogP contribution in [0.2, 0.25) is 0 Å². The molecule has 0 amide bonds. The van der Waals surface area contributed by atoms with Gasteiger partial charge in [0.05, 0.1) is 11.9 Å². The predicted octanol–water partition coefficient (Wildman–Crippen LogP) is 3.99. The van der Waals surface area contributed by atoms with Gasteiger partial charge in [-0.25, -0.2) is 9.50 Å². The number of hydrogen-bond acceptors (Lipinski definition) is 8. The Bertz CT molecular complexity index is 1060. The van der Waals surface area contributed by atoms with Crippen molar-refractivity contribution in [1.29, 1.82) is 0 Å². The summed E-state index contributed by atoms with van der Waals surface area (Å²) in [7, 11) is 0. The second-order valence-electron chi connectivity index (χ2n) is 5.91. The molecule has 1 N–H and O–H groups in total. The van der Waals surface area contributed by atoms with Gasteiger partial charge in [0, 0.05) is 18.5 Å². The third kappa shape index (κ3) is 3.19. The highest BCUT2D eigenvalue weighted by Gasteiger charge is 2.26. The Hall–Kier alpha value is -2.78. The number of imidazole rings is 1. The zero-order valence-electron chi connectivity index (χ0n) is 14.3. The first-order valence-corrected chi connectivity index (χ1v) is 10.3. The van der Waals surface area contributed by atoms with Gasteiger partial charge in [0.1, 0.15) is 23.8 Å². The summed E-state index contributed by atoms with van der Waals surface area (Å²) in [5.74, 6) is 1.51. The van der Waals surface area contributed by atoms with Crippen molar-refractivity contribution in [3.8, 4) is 11.5 Å². The fourth-order valence-electron chi connectivity index (χ4n) is 2.79. The molecule has 0 spiro atoms. The molecule has 0 fully saturated rings. The molecule has 1 atom stereocenters. The number of nitrogens with one attached hydrogen (secondary N) is 1. The van der Waals surface area contributed by atoms with Crippen molar-refractivity contribution >= 4 is 33.7 Å². The van der Waals surface area contributed by atoms with E-state index >= 15 is 0 Å². The molecule has 0 aliphatic carbocycles. The van der Waals surface area contributed by atoms with Gasteiger partial charge in [-0.1, -0.05) is 23.1 Å². The van der Waals surface area contributed by atoms with Crippen LogP contribution in [0.15, 0.2) is 53.3 Å². The van der Waals surface area contributed by atoms with Crippen LogP contribution in [0, 0.1) is 0 Å². The predicted molar refractivity (Wildman–Crippen MR) is 105 cm³/mol. The molecule has 1 unspecified atom stereocenters. The maximum atomic E-state index is 6.04. The van der Waals surface area contributed by atoms with Crippen LogP contribution in [-0.2, 0) is 6.61 Å². The fourth-order valence-corrected chi connectivity index (χ4v) is 4.14. The van der Waals surface area contributed by atoms with E-state index < -0.39 is 0 Å². The molecular weight excluding hydrogens is 382 g/mol. The standard InChI is InChI=1S/C18H15N5O2S2/c1-26-18-22-23-9-14(21-17(23)27-18)16-20-13-3-2-12(8-15(13)25-16)24-10-11-4-6-19-7-5-11/h2-9,16,20H,10H2,1H3. The van der Waals surface area contributed by atoms with Gasteiger partial charge < -0.3 is 14.8 Å². The molecule has 9 heteroatoms. The van der Waals surface area contributed by atoms with Crippen LogP contribution in [0.25, 0.3) is 4.96 Å². The molecule has 4 heterocycles. The number of hydrogen-bond donors (Lipinski definition) is 1. The molecule has 0 radical (unpaired) electrons. The van der Waals surface area contributed by atoms with Crippen LogP contribution in [0.1, 0.15) is 17.5 Å². The Balaban J connectivity index is 1.30. The maximum absolute atomic E-state index is 6.04. The zero-order valence-corrected chi connectivity index (χ0v) is 16.0. The van der Waals surface area contributed by atoms with Gasteiger partial charge in [-0.3, -0.25) is 4.98 Å². The molecule has 0 saturated heterocycles. The zero-order chi connectivity index (χ0) is 18.2. The highest BCUT2D eigenvalue weighted by molar-refractivity contribution is 8.00. The number of rotatable bonds is 5. The lowest BCUT2D eigenvalue weighted by atomic mass is 10.2. The Morgan fingerprint density at radius 3 is 3.00 bits per heavy atom. The van der Waals surface area contributed by atoms with E-state index in [4.69, 9.17) is 9.47 Å². The SMILES string of the molecule is CSc1nn2cc(C3Nc4ccc(OCc5ccncc5)cc4O3)nc2s1. The number of fused-ring (bicyclic) bond motifs is 2. The molecule has 27 heavy (non-hydrogen) atoms. The van der Waals surface area contributed by atoms with Crippen molar-refractivity contribution in [3.63, 3.8) is 0 Å². The van der Waals surface area contributed by atoms with Gasteiger partial charge in [-0.15, -0.1) is 5.10 Å². The molecule has 0 saturated carbocycles. The van der Waals surface area contributed by atoms with Crippen molar-refractivity contribution in [2.24, 2.45) is 0 Å². The summed E-state index contributed by atoms with van der Waals surface area (Å²) in [6, 6.07) is 9.65. The molecule has 0 bridgehead atoms. The molecular formula is C18H15N5O2S2. The highest BCUT2D eigenvalue weighted by atomic mass is 32.2. The minimum Gasteiger partial charge on any atom is -0.489 e. The number of anilines is 1. The molecule has 136 valence electrons. The number of benzene rings is 1. The third-order valence-electron chi connectivity index (χ3n) is 4.13. The lowest BCUT2D eigenvalue weighted by molar-refractivity contribution is 0.252. The lowest BCUT2D eigenvalue weighted by Gasteiger charge is -2.08. The first kappa shape index (κ1) is 16.4. The summed E-state index contributed by atoms with van der Waals surface area (Å²) in [5.41, 5.74) is 2.79. The summed E-state index contributed by atoms with van der Waals surface area (Å²) in [4.78, 5) is 9.49. The van der Waals surface area contributed by atoms with Gasteiger partial charge in [0.2, 0.25) is 11.2 Å². The van der Waals surface area contributed by atoms with Crippen LogP contribution in [0.3, 0.4) is 0 Å². The van der Waals surface area contributed by atoms with Crippen molar-refractivity contribution in [2.75, 3.05) is 11.6 Å². The lowest BCUT2D eigenvalue weighted by Crippen LogP contribution is -2.10. The average molecular weight is 397 g/mol. The van der Waals surface area contributed by atoms with E-state index in [1.54, 1.807) is 40.0 Å². The average Bonchev–Trinajstić information content (AvgIpc) is 3.38. The van der Waals surface area contributed by atoms with E-state index in [2.05, 4.69) is 20.4 Å². The Labute approximate surface area is 163 Å². The fraction of sp³-hybridized carbons (Fsp3) is 0.167. The molecule has 7 nitrogen and oxygen atoms in total. The number of ether oxygens (including phenoxy) is 2. The van der Waals surface area contributed by atoms with Crippen molar-refractivity contribution in [1.82, 2.24) is 19.6 Å². The number of aromatic nitrogens is 4. The van der Waals surface area contributed by atoms with Crippen LogP contribution in [0.4, 0.5) is 5.69 Å². The maximum Gasteiger partial charge on any atom is 0.215 e. The summed E-state index contributed by atoms with van der Waals surface area (Å²) in [5, 5.41) is 7.81. The van der Waals surface area contributed by atoms with Crippen LogP contribution >= 0.6 is 23.1 Å². The van der Waals surface area contributed by atoms with Crippen molar-refractivity contribution in [3.05, 3.63) is 60.2 Å². The first-order chi connectivity index (χ1) is 13.3. The molecule has 3 aromatic heterocycles. The smallest absolute Gasteiger partial charge is 0.215 e. The monoisotopic (exact) mass is 397 g/mol. The van der Waals surface area contributed by atoms with Crippen LogP contribution < -0.4 is 14.8 Å². The van der Waals surface area contributed by atoms with Crippen LogP contribution in [0.5, 0.6) is 11.5 Å². The summed E-state index contributed by atoms with van der Waals surface area (Å²) < 4.78 is 14.7. The topological polar surface area (TPSA) is 73.6 Å². The number of nitrogens with zero attached hydrogens (tertiary/aromatic N) is 4. The van der Waals surface area contributed by atoms with Gasteiger partial charge in [0.25, 0.3) is 0 Å². The quantitative estimate of drug-likeness (QED) is 0.511. The Kier molecular flexibility index (Phi) is 4.10. The third-order valence-corrected chi connectivity index (χ3v) is 6.02. The minimum atomic E-state index is -0.331. The molecule has 5 rings (SSSR count). The van der Waals surface area contributed by atoms with Crippen molar-refractivity contribution < 1.29 is 9.47 Å². The van der Waals surface area contributed by atoms with Crippen LogP contribution in [-0.4, -0.2) is 25.8 Å². The van der Waals surface area contributed by atoms with Gasteiger partial charge >= 0.3 is 0 Å². The second-order valence-corrected chi connectivity index (χ2v) is 7.92. The minimum absolute atomic E-state index is 0.331. The van der Waals surface area contributed by atoms with Crippen molar-refractivity contribution in [2.45, 2.75) is 17.2 Å². The summed E-state index contributed by atoms with van der Waals surface area (Å²) in [6.07, 6.45) is 7.08. The molecule has 1 aliphatic heterocycles. The summed E-state index contributed by atoms with van der Waals surface area (Å²) in [6.45, 7) is 0.485. The Morgan fingerprint density at radius 2 is 2.19 bits per heavy atom. The van der Waals surface area contributed by atoms with E-state index in [9.17, 15) is 0 Å². The van der Waals surface area contributed by atoms with E-state index in [1.807, 2.05) is 42.8 Å². The largest absolute Gasteiger partial charge is 0.489 e. The van der Waals surface area contributed by atoms with E-state index in [-0.39, 0.29) is 6.23 Å². The molecule has 1 aromatic carbocycles. The summed E-state index contributed by atoms with van der Waals surface area (Å²) >= 11 is 3.18. The first-order valence-electron chi connectivity index (χ1n) is 8.27. The van der Waals surface area contributed by atoms with E-state index in [1.165, 1.54) is 0 Å². The van der Waals surface area contributed by atoms with Gasteiger partial charge in [0.15, 0.2) is 4.34 Å². The van der Waals surface area contributed by atoms with Gasteiger partial charge in [-0.05, 0) is 36.1 Å². The van der Waals surface area contributed by atoms with E-state index in [0.29, 0.717) is 6.61 Å². The number of pyridine rings is 1. The highest BCUT2D eigenvalue weighted by Crippen LogP contribution is 2.40. The second kappa shape index (κ2) is 6.75. The van der Waals surface area contributed by atoms with Gasteiger partial charge in [-0.2, -0.15) is 0 Å².